The smallest absolute Gasteiger partial charge is 0.132 e. The molecule has 0 amide bonds. The van der Waals surface area contributed by atoms with Crippen molar-refractivity contribution in [3.05, 3.63) is 83.4 Å². The minimum atomic E-state index is -0.199. The number of nitrogens with zero attached hydrogens (tertiary/aromatic N) is 4. The van der Waals surface area contributed by atoms with Gasteiger partial charge in [0.15, 0.2) is 0 Å². The molecule has 1 aliphatic rings. The quantitative estimate of drug-likeness (QED) is 0.120. The van der Waals surface area contributed by atoms with E-state index < -0.39 is 0 Å². The number of rotatable bonds is 12. The van der Waals surface area contributed by atoms with E-state index in [0.717, 1.165) is 139 Å². The van der Waals surface area contributed by atoms with Crippen LogP contribution in [0.2, 0.25) is 0 Å². The monoisotopic (exact) mass is 686 g/mol. The van der Waals surface area contributed by atoms with Gasteiger partial charge in [-0.1, -0.05) is 63.8 Å². The second-order valence-electron chi connectivity index (χ2n) is 11.5. The summed E-state index contributed by atoms with van der Waals surface area (Å²) < 4.78 is 49.4. The third kappa shape index (κ3) is 6.03. The number of aromatic nitrogens is 2. The molecule has 0 spiro atoms. The number of unbranched alkanes of at least 4 members (excludes halogenated alkanes) is 4. The van der Waals surface area contributed by atoms with Crippen LogP contribution in [0.25, 0.3) is 52.8 Å². The average molecular weight is 687 g/mol. The van der Waals surface area contributed by atoms with E-state index >= 15 is 8.78 Å². The van der Waals surface area contributed by atoms with Gasteiger partial charge >= 0.3 is 0 Å². The molecule has 10 heteroatoms. The summed E-state index contributed by atoms with van der Waals surface area (Å²) in [5.74, 6) is -0.399. The molecule has 3 aromatic heterocycles. The van der Waals surface area contributed by atoms with Crippen molar-refractivity contribution in [2.45, 2.75) is 65.2 Å². The van der Waals surface area contributed by atoms with Gasteiger partial charge in [-0.2, -0.15) is 17.5 Å². The number of fused-ring (bicyclic) bond motifs is 2. The molecule has 1 aliphatic heterocycles. The van der Waals surface area contributed by atoms with Gasteiger partial charge in [0.05, 0.1) is 23.1 Å². The highest BCUT2D eigenvalue weighted by Crippen LogP contribution is 2.54. The summed E-state index contributed by atoms with van der Waals surface area (Å²) in [5.41, 5.74) is 7.99. The summed E-state index contributed by atoms with van der Waals surface area (Å²) in [6, 6.07) is 19.2. The van der Waals surface area contributed by atoms with Gasteiger partial charge in [-0.25, -0.2) is 8.78 Å². The molecule has 0 atom stereocenters. The lowest BCUT2D eigenvalue weighted by molar-refractivity contribution is 0.626. The Morgan fingerprint density at radius 2 is 1.02 bits per heavy atom. The van der Waals surface area contributed by atoms with E-state index in [4.69, 9.17) is 17.5 Å². The normalized spacial score (nSPS) is 12.3. The molecule has 0 unspecified atom stereocenters. The van der Waals surface area contributed by atoms with E-state index in [9.17, 15) is 0 Å². The van der Waals surface area contributed by atoms with Gasteiger partial charge in [-0.3, -0.25) is 0 Å². The molecule has 0 N–H and O–H groups in total. The van der Waals surface area contributed by atoms with Gasteiger partial charge in [0, 0.05) is 41.8 Å². The molecule has 0 bridgehead atoms. The molecule has 0 aliphatic carbocycles. The minimum absolute atomic E-state index is 0.199. The largest absolute Gasteiger partial charge is 0.206 e. The van der Waals surface area contributed by atoms with E-state index in [1.54, 1.807) is 12.1 Å². The standard InChI is InChI=1S/C36H32F2N4S4/c1-3-5-7-9-21-11-13-23(25(37)19-21)27-15-17-29(43-27)31-33-35(41-45-39-33)32(36-34(31)40-46-42-36)30-18-16-28(44-30)24-14-12-22(20-26(24)38)10-8-6-4-2/h11-20H,3-10H2,1-2H3. The lowest BCUT2D eigenvalue weighted by Crippen LogP contribution is -1.89. The summed E-state index contributed by atoms with van der Waals surface area (Å²) >= 11 is 5.35. The van der Waals surface area contributed by atoms with Crippen molar-refractivity contribution in [1.82, 2.24) is 8.75 Å². The molecule has 0 saturated carbocycles. The first-order chi connectivity index (χ1) is 22.6. The maximum absolute atomic E-state index is 15.3. The van der Waals surface area contributed by atoms with Gasteiger partial charge in [0.1, 0.15) is 34.0 Å². The Balaban J connectivity index is 1.23. The van der Waals surface area contributed by atoms with Gasteiger partial charge in [0.2, 0.25) is 0 Å². The highest BCUT2D eigenvalue weighted by atomic mass is 32.1. The Bertz CT molecular complexity index is 1980. The van der Waals surface area contributed by atoms with Crippen molar-refractivity contribution >= 4 is 68.2 Å². The van der Waals surface area contributed by atoms with Crippen LogP contribution >= 0.6 is 34.4 Å². The van der Waals surface area contributed by atoms with E-state index in [1.165, 1.54) is 22.7 Å². The van der Waals surface area contributed by atoms with E-state index in [0.29, 0.717) is 11.1 Å². The topological polar surface area (TPSA) is 50.5 Å². The number of hydrogen-bond acceptors (Lipinski definition) is 7. The van der Waals surface area contributed by atoms with Crippen LogP contribution in [0.1, 0.15) is 63.5 Å². The molecular formula is C36H32F2N4S4. The fraction of sp³-hybridized carbons (Fsp3) is 0.278. The van der Waals surface area contributed by atoms with Crippen LogP contribution in [-0.2, 0) is 24.2 Å². The number of halogens is 2. The summed E-state index contributed by atoms with van der Waals surface area (Å²) in [4.78, 5) is 3.59. The lowest BCUT2D eigenvalue weighted by Gasteiger charge is -2.10. The molecule has 0 radical (unpaired) electrons. The Morgan fingerprint density at radius 3 is 1.46 bits per heavy atom. The molecule has 4 nitrogen and oxygen atoms in total. The molecule has 4 heterocycles. The number of aryl methyl sites for hydroxylation is 2. The highest BCUT2D eigenvalue weighted by Gasteiger charge is 2.28. The van der Waals surface area contributed by atoms with Gasteiger partial charge in [-0.15, -0.1) is 22.7 Å². The van der Waals surface area contributed by atoms with Crippen LogP contribution in [0, 0.1) is 11.6 Å². The predicted octanol–water partition coefficient (Wildman–Crippen LogP) is 13.0. The summed E-state index contributed by atoms with van der Waals surface area (Å²) in [5, 5.41) is 0. The van der Waals surface area contributed by atoms with E-state index in [1.807, 2.05) is 48.5 Å². The summed E-state index contributed by atoms with van der Waals surface area (Å²) in [7, 11) is 0. The van der Waals surface area contributed by atoms with Crippen LogP contribution in [0.3, 0.4) is 0 Å². The molecule has 0 saturated heterocycles. The molecule has 0 fully saturated rings. The lowest BCUT2D eigenvalue weighted by atomic mass is 10.0. The van der Waals surface area contributed by atoms with Crippen LogP contribution in [0.15, 0.2) is 69.4 Å². The first kappa shape index (κ1) is 31.2. The maximum atomic E-state index is 15.3. The summed E-state index contributed by atoms with van der Waals surface area (Å²) in [6.07, 6.45) is 8.51. The number of thiophene rings is 2. The second-order valence-corrected chi connectivity index (χ2v) is 14.8. The van der Waals surface area contributed by atoms with Gasteiger partial charge < -0.3 is 0 Å². The number of hydrogen-bond donors (Lipinski definition) is 0. The molecule has 234 valence electrons. The van der Waals surface area contributed by atoms with Crippen molar-refractivity contribution < 1.29 is 8.78 Å². The van der Waals surface area contributed by atoms with Crippen molar-refractivity contribution in [3.8, 4) is 41.8 Å². The first-order valence-corrected chi connectivity index (χ1v) is 18.8. The Labute approximate surface area is 283 Å². The first-order valence-electron chi connectivity index (χ1n) is 15.7. The zero-order valence-electron chi connectivity index (χ0n) is 25.6. The van der Waals surface area contributed by atoms with Crippen LogP contribution in [0.4, 0.5) is 20.2 Å². The zero-order chi connectivity index (χ0) is 31.6. The second kappa shape index (κ2) is 13.7. The fourth-order valence-electron chi connectivity index (χ4n) is 5.94. The third-order valence-electron chi connectivity index (χ3n) is 8.36. The van der Waals surface area contributed by atoms with Gasteiger partial charge in [0.25, 0.3) is 0 Å². The van der Waals surface area contributed by atoms with Crippen LogP contribution < -0.4 is 0 Å². The molecule has 6 aromatic rings. The Kier molecular flexibility index (Phi) is 9.31. The summed E-state index contributed by atoms with van der Waals surface area (Å²) in [6.45, 7) is 4.35. The predicted molar refractivity (Wildman–Crippen MR) is 193 cm³/mol. The third-order valence-corrected chi connectivity index (χ3v) is 11.7. The molecular weight excluding hydrogens is 655 g/mol. The SMILES string of the molecule is CCCCCc1ccc(-c2ccc(-c3c4c(c(-c5ccc(-c6ccc(CCCCC)cc6F)s5)c5nsnc35)N=S=N4)s2)c(F)c1. The van der Waals surface area contributed by atoms with E-state index in [2.05, 4.69) is 13.8 Å². The zero-order valence-corrected chi connectivity index (χ0v) is 28.9. The van der Waals surface area contributed by atoms with Gasteiger partial charge in [-0.05, 0) is 73.2 Å². The van der Waals surface area contributed by atoms with Crippen molar-refractivity contribution in [2.75, 3.05) is 0 Å². The van der Waals surface area contributed by atoms with Crippen molar-refractivity contribution in [3.63, 3.8) is 0 Å². The van der Waals surface area contributed by atoms with E-state index in [-0.39, 0.29) is 11.6 Å². The minimum Gasteiger partial charge on any atom is -0.206 e. The van der Waals surface area contributed by atoms with Crippen LogP contribution in [-0.4, -0.2) is 8.75 Å². The fourth-order valence-corrected chi connectivity index (χ4v) is 9.22. The van der Waals surface area contributed by atoms with Crippen molar-refractivity contribution in [1.29, 1.82) is 0 Å². The Morgan fingerprint density at radius 1 is 0.565 bits per heavy atom. The molecule has 46 heavy (non-hydrogen) atoms. The maximum Gasteiger partial charge on any atom is 0.132 e. The number of benzene rings is 3. The average Bonchev–Trinajstić information content (AvgIpc) is 3.88. The Hall–Kier alpha value is -3.44. The molecule has 3 aromatic carbocycles. The molecule has 7 rings (SSSR count). The highest BCUT2D eigenvalue weighted by molar-refractivity contribution is 7.58. The van der Waals surface area contributed by atoms with Crippen molar-refractivity contribution in [2.24, 2.45) is 8.73 Å². The van der Waals surface area contributed by atoms with Crippen LogP contribution in [0.5, 0.6) is 0 Å².